The van der Waals surface area contributed by atoms with Crippen molar-refractivity contribution in [3.05, 3.63) is 23.8 Å². The fraction of sp³-hybridized carbons (Fsp3) is 0.600. The minimum Gasteiger partial charge on any atom is -0.493 e. The van der Waals surface area contributed by atoms with Gasteiger partial charge in [-0.1, -0.05) is 25.8 Å². The van der Waals surface area contributed by atoms with E-state index < -0.39 is 0 Å². The fourth-order valence-electron chi connectivity index (χ4n) is 1.83. The molecule has 0 saturated heterocycles. The van der Waals surface area contributed by atoms with E-state index in [1.807, 2.05) is 19.1 Å². The van der Waals surface area contributed by atoms with Crippen molar-refractivity contribution in [1.29, 1.82) is 0 Å². The summed E-state index contributed by atoms with van der Waals surface area (Å²) in [5.41, 5.74) is 1.23. The molecule has 0 aliphatic rings. The van der Waals surface area contributed by atoms with Gasteiger partial charge in [-0.15, -0.1) is 12.4 Å². The lowest BCUT2D eigenvalue weighted by Crippen LogP contribution is -2.14. The molecule has 0 saturated carbocycles. The van der Waals surface area contributed by atoms with Crippen LogP contribution in [0.1, 0.15) is 38.7 Å². The molecule has 0 radical (unpaired) electrons. The average Bonchev–Trinajstić information content (AvgIpc) is 2.40. The standard InChI is InChI=1S/C15H25NO2.ClH/c1-4-6-7-10-16-12-13-8-9-14(18-5-2)15(11-13)17-3;/h8-9,11,16H,4-7,10,12H2,1-3H3;1H. The second-order valence-electron chi connectivity index (χ2n) is 4.30. The second-order valence-corrected chi connectivity index (χ2v) is 4.30. The van der Waals surface area contributed by atoms with Gasteiger partial charge in [-0.25, -0.2) is 0 Å². The van der Waals surface area contributed by atoms with Gasteiger partial charge in [-0.3, -0.25) is 0 Å². The van der Waals surface area contributed by atoms with Gasteiger partial charge in [0.25, 0.3) is 0 Å². The Morgan fingerprint density at radius 2 is 1.89 bits per heavy atom. The Balaban J connectivity index is 0.00000324. The van der Waals surface area contributed by atoms with Gasteiger partial charge >= 0.3 is 0 Å². The van der Waals surface area contributed by atoms with Gasteiger partial charge in [0.2, 0.25) is 0 Å². The first kappa shape index (κ1) is 18.1. The zero-order valence-corrected chi connectivity index (χ0v) is 13.0. The quantitative estimate of drug-likeness (QED) is 0.701. The minimum atomic E-state index is 0. The molecular formula is C15H26ClNO2. The van der Waals surface area contributed by atoms with Crippen LogP contribution in [-0.4, -0.2) is 20.3 Å². The first-order valence-electron chi connectivity index (χ1n) is 6.82. The van der Waals surface area contributed by atoms with Crippen LogP contribution in [0.3, 0.4) is 0 Å². The van der Waals surface area contributed by atoms with Crippen molar-refractivity contribution in [3.8, 4) is 11.5 Å². The number of hydrogen-bond donors (Lipinski definition) is 1. The molecule has 110 valence electrons. The number of rotatable bonds is 9. The van der Waals surface area contributed by atoms with Gasteiger partial charge in [-0.05, 0) is 37.6 Å². The van der Waals surface area contributed by atoms with Crippen LogP contribution >= 0.6 is 12.4 Å². The molecule has 1 rings (SSSR count). The monoisotopic (exact) mass is 287 g/mol. The van der Waals surface area contributed by atoms with Crippen LogP contribution in [0.5, 0.6) is 11.5 Å². The zero-order chi connectivity index (χ0) is 13.2. The fourth-order valence-corrected chi connectivity index (χ4v) is 1.83. The second kappa shape index (κ2) is 10.9. The molecule has 0 aliphatic carbocycles. The molecule has 0 unspecified atom stereocenters. The lowest BCUT2D eigenvalue weighted by molar-refractivity contribution is 0.310. The Bertz CT molecular complexity index is 345. The smallest absolute Gasteiger partial charge is 0.161 e. The molecule has 0 spiro atoms. The van der Waals surface area contributed by atoms with Crippen LogP contribution in [0.2, 0.25) is 0 Å². The van der Waals surface area contributed by atoms with Gasteiger partial charge in [0.05, 0.1) is 13.7 Å². The highest BCUT2D eigenvalue weighted by molar-refractivity contribution is 5.85. The van der Waals surface area contributed by atoms with E-state index in [9.17, 15) is 0 Å². The first-order valence-corrected chi connectivity index (χ1v) is 6.82. The minimum absolute atomic E-state index is 0. The molecule has 1 aromatic carbocycles. The molecule has 0 fully saturated rings. The Labute approximate surface area is 123 Å². The number of nitrogens with one attached hydrogen (secondary N) is 1. The van der Waals surface area contributed by atoms with Crippen molar-refractivity contribution < 1.29 is 9.47 Å². The molecule has 0 aliphatic heterocycles. The highest BCUT2D eigenvalue weighted by atomic mass is 35.5. The summed E-state index contributed by atoms with van der Waals surface area (Å²) in [6, 6.07) is 6.10. The predicted molar refractivity (Wildman–Crippen MR) is 82.6 cm³/mol. The van der Waals surface area contributed by atoms with Gasteiger partial charge in [0, 0.05) is 6.54 Å². The Morgan fingerprint density at radius 1 is 1.11 bits per heavy atom. The third-order valence-corrected chi connectivity index (χ3v) is 2.81. The summed E-state index contributed by atoms with van der Waals surface area (Å²) in [5.74, 6) is 1.62. The molecule has 19 heavy (non-hydrogen) atoms. The topological polar surface area (TPSA) is 30.5 Å². The largest absolute Gasteiger partial charge is 0.493 e. The van der Waals surface area contributed by atoms with E-state index in [4.69, 9.17) is 9.47 Å². The molecule has 0 heterocycles. The summed E-state index contributed by atoms with van der Waals surface area (Å²) in [4.78, 5) is 0. The molecule has 3 nitrogen and oxygen atoms in total. The van der Waals surface area contributed by atoms with E-state index >= 15 is 0 Å². The SMILES string of the molecule is CCCCCNCc1ccc(OCC)c(OC)c1.Cl. The molecule has 0 aromatic heterocycles. The summed E-state index contributed by atoms with van der Waals surface area (Å²) in [6.45, 7) is 6.81. The summed E-state index contributed by atoms with van der Waals surface area (Å²) < 4.78 is 10.8. The van der Waals surface area contributed by atoms with E-state index in [1.165, 1.54) is 24.8 Å². The first-order chi connectivity index (χ1) is 8.81. The van der Waals surface area contributed by atoms with Crippen molar-refractivity contribution in [3.63, 3.8) is 0 Å². The van der Waals surface area contributed by atoms with Gasteiger partial charge < -0.3 is 14.8 Å². The summed E-state index contributed by atoms with van der Waals surface area (Å²) >= 11 is 0. The Kier molecular flexibility index (Phi) is 10.4. The highest BCUT2D eigenvalue weighted by Gasteiger charge is 2.04. The maximum absolute atomic E-state index is 5.50. The van der Waals surface area contributed by atoms with Crippen LogP contribution in [0, 0.1) is 0 Å². The maximum atomic E-state index is 5.50. The molecule has 4 heteroatoms. The van der Waals surface area contributed by atoms with Gasteiger partial charge in [-0.2, -0.15) is 0 Å². The third-order valence-electron chi connectivity index (χ3n) is 2.81. The third kappa shape index (κ3) is 6.69. The highest BCUT2D eigenvalue weighted by Crippen LogP contribution is 2.27. The van der Waals surface area contributed by atoms with Gasteiger partial charge in [0.15, 0.2) is 11.5 Å². The zero-order valence-electron chi connectivity index (χ0n) is 12.2. The number of halogens is 1. The lowest BCUT2D eigenvalue weighted by Gasteiger charge is -2.11. The molecule has 0 atom stereocenters. The van der Waals surface area contributed by atoms with Crippen molar-refractivity contribution in [2.24, 2.45) is 0 Å². The summed E-state index contributed by atoms with van der Waals surface area (Å²) in [5, 5.41) is 3.44. The van der Waals surface area contributed by atoms with Crippen molar-refractivity contribution in [2.45, 2.75) is 39.7 Å². The number of ether oxygens (including phenoxy) is 2. The van der Waals surface area contributed by atoms with Crippen molar-refractivity contribution in [1.82, 2.24) is 5.32 Å². The Morgan fingerprint density at radius 3 is 2.53 bits per heavy atom. The van der Waals surface area contributed by atoms with Crippen LogP contribution in [-0.2, 0) is 6.54 Å². The summed E-state index contributed by atoms with van der Waals surface area (Å²) in [7, 11) is 1.68. The molecule has 1 aromatic rings. The summed E-state index contributed by atoms with van der Waals surface area (Å²) in [6.07, 6.45) is 3.79. The Hall–Kier alpha value is -0.930. The molecule has 1 N–H and O–H groups in total. The lowest BCUT2D eigenvalue weighted by atomic mass is 10.2. The number of methoxy groups -OCH3 is 1. The molecule has 0 amide bonds. The van der Waals surface area contributed by atoms with Crippen molar-refractivity contribution in [2.75, 3.05) is 20.3 Å². The normalized spacial score (nSPS) is 9.84. The predicted octanol–water partition coefficient (Wildman–Crippen LogP) is 3.80. The molecular weight excluding hydrogens is 262 g/mol. The average molecular weight is 288 g/mol. The van der Waals surface area contributed by atoms with Crippen LogP contribution in [0.15, 0.2) is 18.2 Å². The van der Waals surface area contributed by atoms with E-state index in [-0.39, 0.29) is 12.4 Å². The maximum Gasteiger partial charge on any atom is 0.161 e. The van der Waals surface area contributed by atoms with Crippen LogP contribution in [0.25, 0.3) is 0 Å². The van der Waals surface area contributed by atoms with Crippen LogP contribution in [0.4, 0.5) is 0 Å². The number of hydrogen-bond acceptors (Lipinski definition) is 3. The number of benzene rings is 1. The van der Waals surface area contributed by atoms with E-state index in [1.54, 1.807) is 7.11 Å². The van der Waals surface area contributed by atoms with Gasteiger partial charge in [0.1, 0.15) is 0 Å². The van der Waals surface area contributed by atoms with E-state index in [2.05, 4.69) is 18.3 Å². The van der Waals surface area contributed by atoms with E-state index in [0.717, 1.165) is 24.6 Å². The van der Waals surface area contributed by atoms with E-state index in [0.29, 0.717) is 6.61 Å². The van der Waals surface area contributed by atoms with Crippen LogP contribution < -0.4 is 14.8 Å². The molecule has 0 bridgehead atoms. The van der Waals surface area contributed by atoms with Crippen molar-refractivity contribution >= 4 is 12.4 Å². The number of unbranched alkanes of at least 4 members (excludes halogenated alkanes) is 2.